The monoisotopic (exact) mass is 437 g/mol. The van der Waals surface area contributed by atoms with Gasteiger partial charge in [-0.25, -0.2) is 4.99 Å². The van der Waals surface area contributed by atoms with Crippen molar-refractivity contribution in [3.8, 4) is 0 Å². The second-order valence-corrected chi connectivity index (χ2v) is 8.21. The summed E-state index contributed by atoms with van der Waals surface area (Å²) in [5, 5.41) is 15.2. The van der Waals surface area contributed by atoms with Gasteiger partial charge in [0.2, 0.25) is 0 Å². The summed E-state index contributed by atoms with van der Waals surface area (Å²) in [6.45, 7) is 12.2. The molecule has 0 aliphatic carbocycles. The number of nitrogens with one attached hydrogen (secondary N) is 2. The molecule has 3 rings (SSSR count). The number of guanidine groups is 1. The van der Waals surface area contributed by atoms with E-state index in [0.29, 0.717) is 12.5 Å². The zero-order valence-electron chi connectivity index (χ0n) is 19.1. The maximum Gasteiger partial charge on any atom is 0.191 e. The summed E-state index contributed by atoms with van der Waals surface area (Å²) in [5.41, 5.74) is 0. The molecule has 1 aromatic rings. The molecule has 176 valence electrons. The van der Waals surface area contributed by atoms with Crippen LogP contribution in [0.5, 0.6) is 0 Å². The van der Waals surface area contributed by atoms with E-state index in [1.54, 1.807) is 0 Å². The summed E-state index contributed by atoms with van der Waals surface area (Å²) in [7, 11) is 1.97. The van der Waals surface area contributed by atoms with Gasteiger partial charge in [0.25, 0.3) is 0 Å². The summed E-state index contributed by atoms with van der Waals surface area (Å²) in [6.07, 6.45) is 3.12. The van der Waals surface area contributed by atoms with E-state index < -0.39 is 0 Å². The molecule has 2 fully saturated rings. The summed E-state index contributed by atoms with van der Waals surface area (Å²) >= 11 is 0. The van der Waals surface area contributed by atoms with E-state index in [9.17, 15) is 0 Å². The van der Waals surface area contributed by atoms with Gasteiger partial charge in [-0.15, -0.1) is 10.2 Å². The first-order chi connectivity index (χ1) is 15.2. The summed E-state index contributed by atoms with van der Waals surface area (Å²) in [5.74, 6) is 3.12. The van der Waals surface area contributed by atoms with Gasteiger partial charge in [-0.05, 0) is 32.7 Å². The van der Waals surface area contributed by atoms with E-state index in [0.717, 1.165) is 109 Å². The van der Waals surface area contributed by atoms with Crippen LogP contribution < -0.4 is 10.6 Å². The molecule has 2 aliphatic rings. The van der Waals surface area contributed by atoms with Crippen LogP contribution in [0, 0.1) is 12.8 Å². The van der Waals surface area contributed by atoms with Crippen LogP contribution >= 0.6 is 0 Å². The summed E-state index contributed by atoms with van der Waals surface area (Å²) < 4.78 is 18.6. The average molecular weight is 438 g/mol. The lowest BCUT2D eigenvalue weighted by Gasteiger charge is -2.26. The lowest BCUT2D eigenvalue weighted by atomic mass is 10.1. The number of morpholine rings is 1. The molecule has 0 spiro atoms. The Morgan fingerprint density at radius 1 is 1.13 bits per heavy atom. The fourth-order valence-corrected chi connectivity index (χ4v) is 3.59. The Labute approximate surface area is 185 Å². The van der Waals surface area contributed by atoms with Crippen LogP contribution in [-0.2, 0) is 27.8 Å². The Morgan fingerprint density at radius 2 is 1.94 bits per heavy atom. The van der Waals surface area contributed by atoms with Crippen molar-refractivity contribution in [2.75, 3.05) is 72.4 Å². The van der Waals surface area contributed by atoms with Crippen molar-refractivity contribution in [2.45, 2.75) is 32.7 Å². The SMILES string of the molecule is Cc1nnc(CN=C(NCCCOCC2CCOC2)NCCCN2CCOCC2)n1C. The molecule has 2 N–H and O–H groups in total. The van der Waals surface area contributed by atoms with Crippen LogP contribution in [-0.4, -0.2) is 98.0 Å². The quantitative estimate of drug-likeness (QED) is 0.274. The number of rotatable bonds is 12. The van der Waals surface area contributed by atoms with E-state index in [2.05, 4.69) is 25.7 Å². The van der Waals surface area contributed by atoms with Crippen LogP contribution in [0.3, 0.4) is 0 Å². The first kappa shape index (κ1) is 23.9. The van der Waals surface area contributed by atoms with Crippen LogP contribution in [0.4, 0.5) is 0 Å². The highest BCUT2D eigenvalue weighted by Crippen LogP contribution is 2.12. The minimum atomic E-state index is 0.494. The average Bonchev–Trinajstić information content (AvgIpc) is 3.42. The first-order valence-electron chi connectivity index (χ1n) is 11.5. The molecule has 0 amide bonds. The number of ether oxygens (including phenoxy) is 3. The molecule has 10 heteroatoms. The third-order valence-electron chi connectivity index (χ3n) is 5.74. The van der Waals surface area contributed by atoms with E-state index in [-0.39, 0.29) is 0 Å². The molecular formula is C21H39N7O3. The van der Waals surface area contributed by atoms with Gasteiger partial charge in [-0.2, -0.15) is 0 Å². The second kappa shape index (κ2) is 13.6. The lowest BCUT2D eigenvalue weighted by molar-refractivity contribution is 0.0376. The Kier molecular flexibility index (Phi) is 10.5. The summed E-state index contributed by atoms with van der Waals surface area (Å²) in [6, 6.07) is 0. The van der Waals surface area contributed by atoms with E-state index >= 15 is 0 Å². The number of nitrogens with zero attached hydrogens (tertiary/aromatic N) is 5. The number of aromatic nitrogens is 3. The predicted octanol–water partition coefficient (Wildman–Crippen LogP) is 0.324. The Bertz CT molecular complexity index is 655. The minimum Gasteiger partial charge on any atom is -0.381 e. The van der Waals surface area contributed by atoms with E-state index in [1.165, 1.54) is 0 Å². The topological polar surface area (TPSA) is 98.1 Å². The Balaban J connectivity index is 1.37. The van der Waals surface area contributed by atoms with Crippen LogP contribution in [0.2, 0.25) is 0 Å². The van der Waals surface area contributed by atoms with Crippen LogP contribution in [0.15, 0.2) is 4.99 Å². The predicted molar refractivity (Wildman–Crippen MR) is 119 cm³/mol. The minimum absolute atomic E-state index is 0.494. The van der Waals surface area contributed by atoms with Gasteiger partial charge in [-0.1, -0.05) is 0 Å². The third-order valence-corrected chi connectivity index (χ3v) is 5.74. The zero-order valence-corrected chi connectivity index (χ0v) is 19.1. The summed E-state index contributed by atoms with van der Waals surface area (Å²) in [4.78, 5) is 7.16. The van der Waals surface area contributed by atoms with E-state index in [1.807, 2.05) is 18.5 Å². The highest BCUT2D eigenvalue weighted by molar-refractivity contribution is 5.79. The molecule has 2 aliphatic heterocycles. The normalized spacial score (nSPS) is 20.3. The van der Waals surface area contributed by atoms with Crippen molar-refractivity contribution in [1.29, 1.82) is 0 Å². The van der Waals surface area contributed by atoms with Crippen molar-refractivity contribution >= 4 is 5.96 Å². The molecule has 1 unspecified atom stereocenters. The van der Waals surface area contributed by atoms with Crippen molar-refractivity contribution in [2.24, 2.45) is 18.0 Å². The number of aryl methyl sites for hydroxylation is 1. The van der Waals surface area contributed by atoms with Gasteiger partial charge < -0.3 is 29.4 Å². The van der Waals surface area contributed by atoms with Crippen molar-refractivity contribution in [3.63, 3.8) is 0 Å². The van der Waals surface area contributed by atoms with Crippen LogP contribution in [0.1, 0.15) is 30.9 Å². The van der Waals surface area contributed by atoms with Crippen molar-refractivity contribution < 1.29 is 14.2 Å². The van der Waals surface area contributed by atoms with Crippen molar-refractivity contribution in [1.82, 2.24) is 30.3 Å². The maximum atomic E-state index is 5.80. The molecule has 31 heavy (non-hydrogen) atoms. The standard InChI is InChI=1S/C21H39N7O3/c1-18-25-26-20(27(18)2)15-24-21(22-6-3-8-28-9-13-29-14-10-28)23-7-4-11-30-16-19-5-12-31-17-19/h19H,3-17H2,1-2H3,(H2,22,23,24). The van der Waals surface area contributed by atoms with Gasteiger partial charge in [0.15, 0.2) is 11.8 Å². The highest BCUT2D eigenvalue weighted by Gasteiger charge is 2.15. The smallest absolute Gasteiger partial charge is 0.191 e. The molecule has 0 radical (unpaired) electrons. The van der Waals surface area contributed by atoms with Gasteiger partial charge in [0, 0.05) is 52.4 Å². The molecule has 3 heterocycles. The Morgan fingerprint density at radius 3 is 2.65 bits per heavy atom. The fraction of sp³-hybridized carbons (Fsp3) is 0.857. The zero-order chi connectivity index (χ0) is 21.7. The highest BCUT2D eigenvalue weighted by atomic mass is 16.5. The van der Waals surface area contributed by atoms with Gasteiger partial charge >= 0.3 is 0 Å². The molecule has 0 aromatic carbocycles. The molecular weight excluding hydrogens is 398 g/mol. The molecule has 10 nitrogen and oxygen atoms in total. The van der Waals surface area contributed by atoms with Gasteiger partial charge in [0.1, 0.15) is 12.4 Å². The molecule has 0 bridgehead atoms. The molecule has 1 atom stereocenters. The second-order valence-electron chi connectivity index (χ2n) is 8.21. The third kappa shape index (κ3) is 8.72. The van der Waals surface area contributed by atoms with Gasteiger partial charge in [-0.3, -0.25) is 4.90 Å². The lowest BCUT2D eigenvalue weighted by Crippen LogP contribution is -2.41. The fourth-order valence-electron chi connectivity index (χ4n) is 3.59. The number of hydrogen-bond donors (Lipinski definition) is 2. The first-order valence-corrected chi connectivity index (χ1v) is 11.5. The molecule has 1 aromatic heterocycles. The molecule has 2 saturated heterocycles. The Hall–Kier alpha value is -1.75. The largest absolute Gasteiger partial charge is 0.381 e. The van der Waals surface area contributed by atoms with Gasteiger partial charge in [0.05, 0.1) is 26.4 Å². The van der Waals surface area contributed by atoms with E-state index in [4.69, 9.17) is 19.2 Å². The van der Waals surface area contributed by atoms with Crippen molar-refractivity contribution in [3.05, 3.63) is 11.6 Å². The van der Waals surface area contributed by atoms with Crippen LogP contribution in [0.25, 0.3) is 0 Å². The number of hydrogen-bond acceptors (Lipinski definition) is 7. The maximum absolute atomic E-state index is 5.80. The number of aliphatic imine (C=N–C) groups is 1. The molecule has 0 saturated carbocycles.